The van der Waals surface area contributed by atoms with Gasteiger partial charge in [-0.3, -0.25) is 4.79 Å². The number of amides is 1. The third-order valence-corrected chi connectivity index (χ3v) is 2.89. The molecule has 0 saturated carbocycles. The molecule has 21 heavy (non-hydrogen) atoms. The van der Waals surface area contributed by atoms with Gasteiger partial charge in [-0.2, -0.15) is 0 Å². The van der Waals surface area contributed by atoms with Gasteiger partial charge in [-0.25, -0.2) is 4.79 Å². The summed E-state index contributed by atoms with van der Waals surface area (Å²) in [5, 5.41) is 6.46. The van der Waals surface area contributed by atoms with Crippen LogP contribution in [0.1, 0.15) is 39.1 Å². The van der Waals surface area contributed by atoms with Crippen LogP contribution in [0.5, 0.6) is 0 Å². The van der Waals surface area contributed by atoms with E-state index in [9.17, 15) is 9.59 Å². The second kappa shape index (κ2) is 6.21. The van der Waals surface area contributed by atoms with Crippen LogP contribution in [-0.4, -0.2) is 23.6 Å². The summed E-state index contributed by atoms with van der Waals surface area (Å²) in [6.45, 7) is 5.40. The average Bonchev–Trinajstić information content (AvgIpc) is 2.78. The quantitative estimate of drug-likeness (QED) is 0.875. The van der Waals surface area contributed by atoms with Gasteiger partial charge >= 0.3 is 5.97 Å². The molecule has 0 unspecified atom stereocenters. The number of aryl methyl sites for hydroxylation is 2. The molecule has 110 valence electrons. The molecule has 0 aliphatic carbocycles. The van der Waals surface area contributed by atoms with Crippen molar-refractivity contribution >= 4 is 17.6 Å². The van der Waals surface area contributed by atoms with Crippen molar-refractivity contribution in [3.8, 4) is 0 Å². The normalized spacial score (nSPS) is 10.2. The fourth-order valence-electron chi connectivity index (χ4n) is 1.94. The minimum atomic E-state index is -0.425. The van der Waals surface area contributed by atoms with Gasteiger partial charge in [0.25, 0.3) is 5.91 Å². The van der Waals surface area contributed by atoms with E-state index in [1.165, 1.54) is 0 Å². The Bertz CT molecular complexity index is 657. The molecule has 0 bridgehead atoms. The highest BCUT2D eigenvalue weighted by molar-refractivity contribution is 6.06. The Morgan fingerprint density at radius 2 is 2.10 bits per heavy atom. The van der Waals surface area contributed by atoms with E-state index in [2.05, 4.69) is 10.5 Å². The second-order valence-corrected chi connectivity index (χ2v) is 4.45. The highest BCUT2D eigenvalue weighted by Crippen LogP contribution is 2.17. The Kier molecular flexibility index (Phi) is 4.37. The van der Waals surface area contributed by atoms with E-state index in [0.29, 0.717) is 34.9 Å². The number of hydrogen-bond acceptors (Lipinski definition) is 5. The van der Waals surface area contributed by atoms with E-state index >= 15 is 0 Å². The Morgan fingerprint density at radius 1 is 1.33 bits per heavy atom. The maximum atomic E-state index is 12.2. The van der Waals surface area contributed by atoms with Crippen LogP contribution in [-0.2, 0) is 4.74 Å². The largest absolute Gasteiger partial charge is 0.462 e. The van der Waals surface area contributed by atoms with Crippen molar-refractivity contribution in [2.75, 3.05) is 11.9 Å². The van der Waals surface area contributed by atoms with Crippen LogP contribution in [0, 0.1) is 13.8 Å². The first kappa shape index (κ1) is 14.8. The predicted molar refractivity (Wildman–Crippen MR) is 76.3 cm³/mol. The molecule has 1 amide bonds. The van der Waals surface area contributed by atoms with Crippen LogP contribution >= 0.6 is 0 Å². The fraction of sp³-hybridized carbons (Fsp3) is 0.267. The zero-order chi connectivity index (χ0) is 15.4. The van der Waals surface area contributed by atoms with Crippen LogP contribution in [0.3, 0.4) is 0 Å². The number of nitrogens with zero attached hydrogens (tertiary/aromatic N) is 1. The summed E-state index contributed by atoms with van der Waals surface area (Å²) in [4.78, 5) is 23.9. The first-order valence-electron chi connectivity index (χ1n) is 6.54. The Hall–Kier alpha value is -2.63. The van der Waals surface area contributed by atoms with E-state index in [1.807, 2.05) is 0 Å². The molecule has 6 nitrogen and oxygen atoms in total. The van der Waals surface area contributed by atoms with Crippen molar-refractivity contribution in [2.24, 2.45) is 0 Å². The van der Waals surface area contributed by atoms with Gasteiger partial charge in [0.15, 0.2) is 0 Å². The van der Waals surface area contributed by atoms with Gasteiger partial charge in [-0.1, -0.05) is 11.2 Å². The number of aromatic nitrogens is 1. The number of carbonyl (C=O) groups excluding carboxylic acids is 2. The number of hydrogen-bond donors (Lipinski definition) is 1. The van der Waals surface area contributed by atoms with Crippen LogP contribution in [0.25, 0.3) is 0 Å². The maximum Gasteiger partial charge on any atom is 0.338 e. The lowest BCUT2D eigenvalue weighted by atomic mass is 10.1. The molecule has 0 saturated heterocycles. The first-order chi connectivity index (χ1) is 10.0. The molecule has 0 atom stereocenters. The molecule has 1 aromatic carbocycles. The molecular formula is C15H16N2O4. The number of anilines is 1. The maximum absolute atomic E-state index is 12.2. The van der Waals surface area contributed by atoms with E-state index in [1.54, 1.807) is 45.0 Å². The molecule has 0 fully saturated rings. The van der Waals surface area contributed by atoms with Gasteiger partial charge < -0.3 is 14.6 Å². The summed E-state index contributed by atoms with van der Waals surface area (Å²) < 4.78 is 9.88. The average molecular weight is 288 g/mol. The SMILES string of the molecule is CCOC(=O)c1cccc(NC(=O)c2c(C)noc2C)c1. The number of nitrogens with one attached hydrogen (secondary N) is 1. The summed E-state index contributed by atoms with van der Waals surface area (Å²) in [7, 11) is 0. The van der Waals surface area contributed by atoms with Crippen LogP contribution in [0.2, 0.25) is 0 Å². The van der Waals surface area contributed by atoms with Crippen molar-refractivity contribution in [1.82, 2.24) is 5.16 Å². The molecule has 0 spiro atoms. The molecular weight excluding hydrogens is 272 g/mol. The minimum Gasteiger partial charge on any atom is -0.462 e. The highest BCUT2D eigenvalue weighted by Gasteiger charge is 2.18. The number of carbonyl (C=O) groups is 2. The summed E-state index contributed by atoms with van der Waals surface area (Å²) in [6.07, 6.45) is 0. The molecule has 0 radical (unpaired) electrons. The lowest BCUT2D eigenvalue weighted by molar-refractivity contribution is 0.0526. The van der Waals surface area contributed by atoms with Gasteiger partial charge in [0.2, 0.25) is 0 Å². The topological polar surface area (TPSA) is 81.4 Å². The van der Waals surface area contributed by atoms with Crippen LogP contribution < -0.4 is 5.32 Å². The first-order valence-corrected chi connectivity index (χ1v) is 6.54. The number of esters is 1. The summed E-state index contributed by atoms with van der Waals surface area (Å²) >= 11 is 0. The van der Waals surface area contributed by atoms with Gasteiger partial charge in [-0.05, 0) is 39.0 Å². The van der Waals surface area contributed by atoms with Crippen LogP contribution in [0.15, 0.2) is 28.8 Å². The third kappa shape index (κ3) is 3.28. The number of benzene rings is 1. The third-order valence-electron chi connectivity index (χ3n) is 2.89. The lowest BCUT2D eigenvalue weighted by Gasteiger charge is -2.07. The molecule has 0 aliphatic heterocycles. The zero-order valence-electron chi connectivity index (χ0n) is 12.1. The van der Waals surface area contributed by atoms with Crippen molar-refractivity contribution in [3.05, 3.63) is 46.8 Å². The Balaban J connectivity index is 2.18. The van der Waals surface area contributed by atoms with Gasteiger partial charge in [0.05, 0.1) is 17.9 Å². The smallest absolute Gasteiger partial charge is 0.338 e. The fourth-order valence-corrected chi connectivity index (χ4v) is 1.94. The molecule has 1 heterocycles. The summed E-state index contributed by atoms with van der Waals surface area (Å²) in [6, 6.07) is 6.56. The van der Waals surface area contributed by atoms with Crippen molar-refractivity contribution in [3.63, 3.8) is 0 Å². The molecule has 1 N–H and O–H groups in total. The monoisotopic (exact) mass is 288 g/mol. The van der Waals surface area contributed by atoms with Crippen molar-refractivity contribution < 1.29 is 18.8 Å². The van der Waals surface area contributed by atoms with E-state index in [0.717, 1.165) is 0 Å². The standard InChI is InChI=1S/C15H16N2O4/c1-4-20-15(19)11-6-5-7-12(8-11)16-14(18)13-9(2)17-21-10(13)3/h5-8H,4H2,1-3H3,(H,16,18). The molecule has 1 aromatic heterocycles. The number of rotatable bonds is 4. The van der Waals surface area contributed by atoms with E-state index in [4.69, 9.17) is 9.26 Å². The van der Waals surface area contributed by atoms with Crippen LogP contribution in [0.4, 0.5) is 5.69 Å². The predicted octanol–water partition coefficient (Wildman–Crippen LogP) is 2.72. The van der Waals surface area contributed by atoms with Crippen molar-refractivity contribution in [1.29, 1.82) is 0 Å². The second-order valence-electron chi connectivity index (χ2n) is 4.45. The molecule has 2 rings (SSSR count). The minimum absolute atomic E-state index is 0.300. The van der Waals surface area contributed by atoms with Gasteiger partial charge in [-0.15, -0.1) is 0 Å². The highest BCUT2D eigenvalue weighted by atomic mass is 16.5. The van der Waals surface area contributed by atoms with Gasteiger partial charge in [0, 0.05) is 5.69 Å². The van der Waals surface area contributed by atoms with E-state index in [-0.39, 0.29) is 5.91 Å². The lowest BCUT2D eigenvalue weighted by Crippen LogP contribution is -2.14. The number of ether oxygens (including phenoxy) is 1. The summed E-state index contributed by atoms with van der Waals surface area (Å²) in [5.41, 5.74) is 1.81. The van der Waals surface area contributed by atoms with Gasteiger partial charge in [0.1, 0.15) is 11.3 Å². The molecule has 0 aliphatic rings. The molecule has 6 heteroatoms. The van der Waals surface area contributed by atoms with Crippen molar-refractivity contribution in [2.45, 2.75) is 20.8 Å². The van der Waals surface area contributed by atoms with E-state index < -0.39 is 5.97 Å². The zero-order valence-corrected chi connectivity index (χ0v) is 12.1. The summed E-state index contributed by atoms with van der Waals surface area (Å²) in [5.74, 6) is -0.301. The Morgan fingerprint density at radius 3 is 2.71 bits per heavy atom. The Labute approximate surface area is 122 Å². The molecule has 2 aromatic rings.